The highest BCUT2D eigenvalue weighted by Gasteiger charge is 1.98. The highest BCUT2D eigenvalue weighted by Crippen LogP contribution is 2.16. The molecule has 0 aromatic rings. The maximum Gasteiger partial charge on any atom is 0.160 e. The van der Waals surface area contributed by atoms with Crippen molar-refractivity contribution in [1.82, 2.24) is 0 Å². The normalized spacial score (nSPS) is 11.1. The van der Waals surface area contributed by atoms with Crippen molar-refractivity contribution in [3.8, 4) is 0 Å². The topological polar surface area (TPSA) is 9.23 Å². The second-order valence-electron chi connectivity index (χ2n) is 10.9. The molecular weight excluding hydrogens is 444 g/mol. The van der Waals surface area contributed by atoms with E-state index in [2.05, 4.69) is 13.5 Å². The van der Waals surface area contributed by atoms with Crippen LogP contribution < -0.4 is 0 Å². The van der Waals surface area contributed by atoms with Crippen LogP contribution in [0.1, 0.15) is 187 Å². The first-order valence-corrected chi connectivity index (χ1v) is 16.5. The Morgan fingerprint density at radius 3 is 1.00 bits per heavy atom. The first kappa shape index (κ1) is 34.6. The Hall–Kier alpha value is -0.370. The molecule has 35 heavy (non-hydrogen) atoms. The van der Waals surface area contributed by atoms with E-state index in [0.29, 0.717) is 6.61 Å². The van der Waals surface area contributed by atoms with Gasteiger partial charge in [-0.2, -0.15) is 0 Å². The summed E-state index contributed by atoms with van der Waals surface area (Å²) in [7, 11) is 0. The number of ether oxygens (including phenoxy) is 1. The molecule has 0 radical (unpaired) electrons. The minimum atomic E-state index is 0.554. The molecule has 2 heteroatoms. The molecule has 0 rings (SSSR count). The average Bonchev–Trinajstić information content (AvgIpc) is 2.87. The van der Waals surface area contributed by atoms with Gasteiger partial charge in [0.15, 0.2) is 5.05 Å². The maximum absolute atomic E-state index is 5.36. The van der Waals surface area contributed by atoms with Crippen molar-refractivity contribution in [3.05, 3.63) is 12.7 Å². The van der Waals surface area contributed by atoms with Crippen molar-refractivity contribution in [2.45, 2.75) is 187 Å². The third kappa shape index (κ3) is 31.6. The Morgan fingerprint density at radius 1 is 0.486 bits per heavy atom. The predicted molar refractivity (Wildman–Crippen MR) is 164 cm³/mol. The van der Waals surface area contributed by atoms with Gasteiger partial charge in [-0.3, -0.25) is 0 Å². The summed E-state index contributed by atoms with van der Waals surface area (Å²) >= 11 is 5.19. The van der Waals surface area contributed by atoms with Gasteiger partial charge in [0.2, 0.25) is 0 Å². The fourth-order valence-electron chi connectivity index (χ4n) is 4.99. The fraction of sp³-hybridized carbons (Fsp3) is 0.909. The lowest BCUT2D eigenvalue weighted by Crippen LogP contribution is -2.01. The number of rotatable bonds is 30. The number of hydrogen-bond donors (Lipinski definition) is 0. The van der Waals surface area contributed by atoms with E-state index in [1.54, 1.807) is 6.08 Å². The van der Waals surface area contributed by atoms with Crippen molar-refractivity contribution < 1.29 is 4.74 Å². The van der Waals surface area contributed by atoms with Crippen LogP contribution in [0.5, 0.6) is 0 Å². The van der Waals surface area contributed by atoms with E-state index < -0.39 is 0 Å². The third-order valence-corrected chi connectivity index (χ3v) is 7.67. The Labute approximate surface area is 227 Å². The lowest BCUT2D eigenvalue weighted by atomic mass is 10.0. The van der Waals surface area contributed by atoms with Gasteiger partial charge >= 0.3 is 0 Å². The Balaban J connectivity index is 3.05. The summed E-state index contributed by atoms with van der Waals surface area (Å²) in [5.41, 5.74) is 0. The number of unbranched alkanes of at least 4 members (excludes halogenated alkanes) is 26. The van der Waals surface area contributed by atoms with Crippen LogP contribution in [-0.4, -0.2) is 11.7 Å². The van der Waals surface area contributed by atoms with Gasteiger partial charge in [0.1, 0.15) is 6.61 Å². The molecule has 0 aromatic heterocycles. The standard InChI is InChI=1S/C33H64OS/c1-3-5-6-7-8-9-10-11-12-13-14-15-16-17-18-19-20-21-22-23-24-25-26-27-28-29-30-31-33(35)34-32-4-2/h4H,2-3,5-32H2,1H3. The molecule has 0 heterocycles. The zero-order valence-corrected chi connectivity index (χ0v) is 24.9. The predicted octanol–water partition coefficient (Wildman–Crippen LogP) is 12.5. The van der Waals surface area contributed by atoms with Gasteiger partial charge in [-0.1, -0.05) is 187 Å². The molecule has 0 spiro atoms. The summed E-state index contributed by atoms with van der Waals surface area (Å²) in [5, 5.41) is 0.754. The zero-order valence-electron chi connectivity index (χ0n) is 24.1. The molecule has 0 aliphatic heterocycles. The maximum atomic E-state index is 5.36. The quantitative estimate of drug-likeness (QED) is 0.0542. The molecule has 0 saturated heterocycles. The van der Waals surface area contributed by atoms with E-state index in [4.69, 9.17) is 17.0 Å². The van der Waals surface area contributed by atoms with Crippen molar-refractivity contribution in [1.29, 1.82) is 0 Å². The molecule has 0 aliphatic rings. The molecule has 1 nitrogen and oxygen atoms in total. The van der Waals surface area contributed by atoms with Crippen LogP contribution in [0, 0.1) is 0 Å². The van der Waals surface area contributed by atoms with Crippen LogP contribution in [0.15, 0.2) is 12.7 Å². The van der Waals surface area contributed by atoms with Gasteiger partial charge in [-0.15, -0.1) is 0 Å². The van der Waals surface area contributed by atoms with Crippen molar-refractivity contribution in [3.63, 3.8) is 0 Å². The smallest absolute Gasteiger partial charge is 0.160 e. The van der Waals surface area contributed by atoms with Crippen LogP contribution in [0.4, 0.5) is 0 Å². The van der Waals surface area contributed by atoms with Crippen LogP contribution in [-0.2, 0) is 4.74 Å². The third-order valence-electron chi connectivity index (χ3n) is 7.35. The lowest BCUT2D eigenvalue weighted by Gasteiger charge is -2.05. The van der Waals surface area contributed by atoms with Crippen LogP contribution >= 0.6 is 12.2 Å². The molecule has 0 amide bonds. The Kier molecular flexibility index (Phi) is 31.3. The first-order chi connectivity index (χ1) is 17.3. The Morgan fingerprint density at radius 2 is 0.743 bits per heavy atom. The molecule has 0 aromatic carbocycles. The summed E-state index contributed by atoms with van der Waals surface area (Å²) < 4.78 is 5.36. The van der Waals surface area contributed by atoms with E-state index in [1.165, 1.54) is 173 Å². The zero-order chi connectivity index (χ0) is 25.5. The molecule has 0 bridgehead atoms. The summed E-state index contributed by atoms with van der Waals surface area (Å²) in [5.74, 6) is 0. The first-order valence-electron chi connectivity index (χ1n) is 16.1. The van der Waals surface area contributed by atoms with Gasteiger partial charge in [0.25, 0.3) is 0 Å². The van der Waals surface area contributed by atoms with Gasteiger partial charge in [-0.25, -0.2) is 0 Å². The second-order valence-corrected chi connectivity index (χ2v) is 11.4. The fourth-order valence-corrected chi connectivity index (χ4v) is 5.20. The highest BCUT2D eigenvalue weighted by molar-refractivity contribution is 7.80. The summed E-state index contributed by atoms with van der Waals surface area (Å²) in [6, 6.07) is 0. The van der Waals surface area contributed by atoms with E-state index in [-0.39, 0.29) is 0 Å². The van der Waals surface area contributed by atoms with E-state index in [1.807, 2.05) is 0 Å². The molecule has 0 fully saturated rings. The lowest BCUT2D eigenvalue weighted by molar-refractivity contribution is 0.348. The van der Waals surface area contributed by atoms with Crippen LogP contribution in [0.3, 0.4) is 0 Å². The minimum absolute atomic E-state index is 0.554. The van der Waals surface area contributed by atoms with Gasteiger partial charge in [0.05, 0.1) is 0 Å². The number of hydrogen-bond acceptors (Lipinski definition) is 2. The summed E-state index contributed by atoms with van der Waals surface area (Å²) in [4.78, 5) is 0. The molecule has 0 aliphatic carbocycles. The van der Waals surface area contributed by atoms with Crippen molar-refractivity contribution in [2.75, 3.05) is 6.61 Å². The van der Waals surface area contributed by atoms with Crippen LogP contribution in [0.25, 0.3) is 0 Å². The van der Waals surface area contributed by atoms with Gasteiger partial charge < -0.3 is 4.74 Å². The summed E-state index contributed by atoms with van der Waals surface area (Å²) in [6.45, 7) is 6.50. The van der Waals surface area contributed by atoms with E-state index in [0.717, 1.165) is 11.5 Å². The monoisotopic (exact) mass is 508 g/mol. The van der Waals surface area contributed by atoms with Gasteiger partial charge in [-0.05, 0) is 18.6 Å². The molecule has 0 unspecified atom stereocenters. The summed E-state index contributed by atoms with van der Waals surface area (Å²) in [6.07, 6.45) is 41.5. The SMILES string of the molecule is C=CCOC(=S)CCCCCCCCCCCCCCCCCCCCCCCCCCCCC. The van der Waals surface area contributed by atoms with E-state index in [9.17, 15) is 0 Å². The molecular formula is C33H64OS. The second kappa shape index (κ2) is 31.7. The largest absolute Gasteiger partial charge is 0.483 e. The molecule has 0 atom stereocenters. The molecule has 208 valence electrons. The molecule has 0 N–H and O–H groups in total. The van der Waals surface area contributed by atoms with Gasteiger partial charge in [0, 0.05) is 6.42 Å². The van der Waals surface area contributed by atoms with Crippen molar-refractivity contribution >= 4 is 17.3 Å². The van der Waals surface area contributed by atoms with Crippen molar-refractivity contribution in [2.24, 2.45) is 0 Å². The number of thiocarbonyl (C=S) groups is 1. The minimum Gasteiger partial charge on any atom is -0.483 e. The average molecular weight is 509 g/mol. The highest BCUT2D eigenvalue weighted by atomic mass is 32.1. The van der Waals surface area contributed by atoms with E-state index >= 15 is 0 Å². The Bertz CT molecular complexity index is 419. The van der Waals surface area contributed by atoms with Crippen LogP contribution in [0.2, 0.25) is 0 Å². The molecule has 0 saturated carbocycles.